The first-order valence-corrected chi connectivity index (χ1v) is 5.28. The van der Waals surface area contributed by atoms with Gasteiger partial charge in [-0.3, -0.25) is 4.79 Å². The van der Waals surface area contributed by atoms with Crippen molar-refractivity contribution in [2.75, 3.05) is 6.54 Å². The van der Waals surface area contributed by atoms with Crippen LogP contribution in [0, 0.1) is 20.8 Å². The molecule has 4 N–H and O–H groups in total. The number of carbonyl (C=O) groups excluding carboxylic acids is 1. The Morgan fingerprint density at radius 1 is 1.35 bits per heavy atom. The minimum Gasteiger partial charge on any atom is -0.409 e. The second kappa shape index (κ2) is 5.34. The molecule has 0 spiro atoms. The van der Waals surface area contributed by atoms with Crippen LogP contribution in [0.5, 0.6) is 0 Å². The lowest BCUT2D eigenvalue weighted by atomic mass is 9.99. The van der Waals surface area contributed by atoms with E-state index < -0.39 is 0 Å². The smallest absolute Gasteiger partial charge is 0.252 e. The highest BCUT2D eigenvalue weighted by atomic mass is 16.4. The molecule has 0 aliphatic rings. The lowest BCUT2D eigenvalue weighted by molar-refractivity contribution is 0.0958. The zero-order valence-electron chi connectivity index (χ0n) is 10.2. The topological polar surface area (TPSA) is 87.7 Å². The van der Waals surface area contributed by atoms with Crippen molar-refractivity contribution in [1.29, 1.82) is 0 Å². The number of nitrogens with zero attached hydrogens (tertiary/aromatic N) is 1. The van der Waals surface area contributed by atoms with Crippen LogP contribution in [0.3, 0.4) is 0 Å². The maximum atomic E-state index is 11.9. The van der Waals surface area contributed by atoms with Crippen LogP contribution in [0.2, 0.25) is 0 Å². The van der Waals surface area contributed by atoms with E-state index in [1.807, 2.05) is 32.9 Å². The van der Waals surface area contributed by atoms with E-state index in [-0.39, 0.29) is 18.3 Å². The predicted octanol–water partition coefficient (Wildman–Crippen LogP) is 1.09. The third-order valence-corrected chi connectivity index (χ3v) is 2.46. The summed E-state index contributed by atoms with van der Waals surface area (Å²) in [5.74, 6) is -0.243. The first-order valence-electron chi connectivity index (χ1n) is 5.28. The Morgan fingerprint density at radius 3 is 2.35 bits per heavy atom. The zero-order chi connectivity index (χ0) is 13.0. The number of hydrogen-bond donors (Lipinski definition) is 3. The molecule has 0 aliphatic carbocycles. The van der Waals surface area contributed by atoms with Crippen molar-refractivity contribution in [2.24, 2.45) is 10.9 Å². The number of rotatable bonds is 3. The molecule has 0 saturated heterocycles. The van der Waals surface area contributed by atoms with Crippen LogP contribution in [-0.2, 0) is 0 Å². The van der Waals surface area contributed by atoms with Crippen molar-refractivity contribution in [3.05, 3.63) is 34.4 Å². The van der Waals surface area contributed by atoms with Crippen molar-refractivity contribution in [2.45, 2.75) is 20.8 Å². The van der Waals surface area contributed by atoms with E-state index in [4.69, 9.17) is 10.9 Å². The Morgan fingerprint density at radius 2 is 1.88 bits per heavy atom. The largest absolute Gasteiger partial charge is 0.409 e. The van der Waals surface area contributed by atoms with Gasteiger partial charge in [-0.1, -0.05) is 22.9 Å². The summed E-state index contributed by atoms with van der Waals surface area (Å²) in [6.45, 7) is 5.79. The third kappa shape index (κ3) is 3.21. The fraction of sp³-hybridized carbons (Fsp3) is 0.333. The Labute approximate surface area is 100 Å². The van der Waals surface area contributed by atoms with Gasteiger partial charge in [0.05, 0.1) is 6.54 Å². The van der Waals surface area contributed by atoms with E-state index in [1.54, 1.807) is 0 Å². The van der Waals surface area contributed by atoms with E-state index in [9.17, 15) is 4.79 Å². The third-order valence-electron chi connectivity index (χ3n) is 2.46. The minimum absolute atomic E-state index is 0.0271. The normalized spacial score (nSPS) is 11.4. The molecule has 1 aromatic carbocycles. The van der Waals surface area contributed by atoms with Gasteiger partial charge in [0.15, 0.2) is 5.84 Å². The van der Waals surface area contributed by atoms with Crippen molar-refractivity contribution < 1.29 is 10.0 Å². The monoisotopic (exact) mass is 235 g/mol. The molecule has 1 aromatic rings. The summed E-state index contributed by atoms with van der Waals surface area (Å²) < 4.78 is 0. The van der Waals surface area contributed by atoms with Crippen LogP contribution >= 0.6 is 0 Å². The highest BCUT2D eigenvalue weighted by Gasteiger charge is 2.12. The molecule has 0 aromatic heterocycles. The molecule has 5 heteroatoms. The van der Waals surface area contributed by atoms with Gasteiger partial charge in [-0.2, -0.15) is 0 Å². The standard InChI is InChI=1S/C12H17N3O2/c1-7-4-8(2)11(9(3)5-7)12(16)14-6-10(13)15-17/h4-5,17H,6H2,1-3H3,(H2,13,15)(H,14,16). The van der Waals surface area contributed by atoms with Crippen molar-refractivity contribution in [3.8, 4) is 0 Å². The van der Waals surface area contributed by atoms with Gasteiger partial charge in [0.25, 0.3) is 5.91 Å². The Kier molecular flexibility index (Phi) is 4.09. The van der Waals surface area contributed by atoms with E-state index >= 15 is 0 Å². The van der Waals surface area contributed by atoms with E-state index in [1.165, 1.54) is 0 Å². The van der Waals surface area contributed by atoms with Crippen LogP contribution in [0.25, 0.3) is 0 Å². The summed E-state index contributed by atoms with van der Waals surface area (Å²) in [5.41, 5.74) is 8.88. The molecule has 0 radical (unpaired) electrons. The predicted molar refractivity (Wildman–Crippen MR) is 66.4 cm³/mol. The van der Waals surface area contributed by atoms with Crippen LogP contribution in [0.1, 0.15) is 27.0 Å². The summed E-state index contributed by atoms with van der Waals surface area (Å²) in [7, 11) is 0. The molecule has 0 atom stereocenters. The van der Waals surface area contributed by atoms with Crippen molar-refractivity contribution >= 4 is 11.7 Å². The highest BCUT2D eigenvalue weighted by Crippen LogP contribution is 2.15. The molecule has 0 unspecified atom stereocenters. The minimum atomic E-state index is -0.216. The summed E-state index contributed by atoms with van der Waals surface area (Å²) in [6, 6.07) is 3.90. The first-order chi connectivity index (χ1) is 7.95. The van der Waals surface area contributed by atoms with Crippen LogP contribution in [0.15, 0.2) is 17.3 Å². The average Bonchev–Trinajstić information content (AvgIpc) is 2.24. The number of hydrogen-bond acceptors (Lipinski definition) is 3. The SMILES string of the molecule is Cc1cc(C)c(C(=O)NC/C(N)=N/O)c(C)c1. The van der Waals surface area contributed by atoms with Gasteiger partial charge >= 0.3 is 0 Å². The van der Waals surface area contributed by atoms with Gasteiger partial charge < -0.3 is 16.3 Å². The molecule has 92 valence electrons. The molecule has 17 heavy (non-hydrogen) atoms. The second-order valence-electron chi connectivity index (χ2n) is 4.05. The van der Waals surface area contributed by atoms with Gasteiger partial charge in [-0.25, -0.2) is 0 Å². The van der Waals surface area contributed by atoms with Crippen LogP contribution in [-0.4, -0.2) is 23.5 Å². The Bertz CT molecular complexity index is 444. The van der Waals surface area contributed by atoms with Gasteiger partial charge in [0.1, 0.15) is 0 Å². The Hall–Kier alpha value is -2.04. The number of nitrogens with one attached hydrogen (secondary N) is 1. The number of amidine groups is 1. The molecule has 0 aliphatic heterocycles. The molecular weight excluding hydrogens is 218 g/mol. The quantitative estimate of drug-likeness (QED) is 0.317. The average molecular weight is 235 g/mol. The molecule has 1 amide bonds. The number of carbonyl (C=O) groups is 1. The van der Waals surface area contributed by atoms with Crippen molar-refractivity contribution in [1.82, 2.24) is 5.32 Å². The summed E-state index contributed by atoms with van der Waals surface area (Å²) in [4.78, 5) is 11.9. The summed E-state index contributed by atoms with van der Waals surface area (Å²) >= 11 is 0. The maximum absolute atomic E-state index is 11.9. The Balaban J connectivity index is 2.90. The maximum Gasteiger partial charge on any atom is 0.252 e. The van der Waals surface area contributed by atoms with Gasteiger partial charge in [0, 0.05) is 5.56 Å². The number of nitrogens with two attached hydrogens (primary N) is 1. The van der Waals surface area contributed by atoms with Gasteiger partial charge in [-0.15, -0.1) is 0 Å². The summed E-state index contributed by atoms with van der Waals surface area (Å²) in [6.07, 6.45) is 0. The number of aryl methyl sites for hydroxylation is 3. The highest BCUT2D eigenvalue weighted by molar-refractivity contribution is 5.99. The van der Waals surface area contributed by atoms with E-state index in [2.05, 4.69) is 10.5 Å². The molecular formula is C12H17N3O2. The number of oxime groups is 1. The second-order valence-corrected chi connectivity index (χ2v) is 4.05. The summed E-state index contributed by atoms with van der Waals surface area (Å²) in [5, 5.41) is 13.8. The van der Waals surface area contributed by atoms with Crippen LogP contribution in [0.4, 0.5) is 0 Å². The molecule has 1 rings (SSSR count). The van der Waals surface area contributed by atoms with Gasteiger partial charge in [-0.05, 0) is 31.9 Å². The lowest BCUT2D eigenvalue weighted by Crippen LogP contribution is -2.34. The van der Waals surface area contributed by atoms with Gasteiger partial charge in [0.2, 0.25) is 0 Å². The number of amides is 1. The molecule has 0 saturated carbocycles. The molecule has 0 heterocycles. The molecule has 0 fully saturated rings. The fourth-order valence-electron chi connectivity index (χ4n) is 1.83. The van der Waals surface area contributed by atoms with E-state index in [0.717, 1.165) is 16.7 Å². The fourth-order valence-corrected chi connectivity index (χ4v) is 1.83. The van der Waals surface area contributed by atoms with Crippen LogP contribution < -0.4 is 11.1 Å². The zero-order valence-corrected chi connectivity index (χ0v) is 10.2. The van der Waals surface area contributed by atoms with E-state index in [0.29, 0.717) is 5.56 Å². The molecule has 5 nitrogen and oxygen atoms in total. The molecule has 0 bridgehead atoms. The van der Waals surface area contributed by atoms with Crippen molar-refractivity contribution in [3.63, 3.8) is 0 Å². The lowest BCUT2D eigenvalue weighted by Gasteiger charge is -2.11. The first kappa shape index (κ1) is 13.0. The number of benzene rings is 1.